The van der Waals surface area contributed by atoms with Gasteiger partial charge in [-0.2, -0.15) is 0 Å². The highest BCUT2D eigenvalue weighted by atomic mass is 14.8. The van der Waals surface area contributed by atoms with Crippen molar-refractivity contribution >= 4 is 0 Å². The number of hydrogen-bond acceptors (Lipinski definition) is 1. The van der Waals surface area contributed by atoms with Crippen LogP contribution in [0.4, 0.5) is 0 Å². The minimum Gasteiger partial charge on any atom is -0.325 e. The topological polar surface area (TPSA) is 26.0 Å². The SMILES string of the molecule is CC1CCC(C2(N)CCC(C(C)C)CC2)CC1. The summed E-state index contributed by atoms with van der Waals surface area (Å²) in [5.41, 5.74) is 6.94. The molecule has 0 heterocycles. The fourth-order valence-electron chi connectivity index (χ4n) is 4.09. The van der Waals surface area contributed by atoms with Crippen LogP contribution in [0.2, 0.25) is 0 Å². The molecule has 100 valence electrons. The van der Waals surface area contributed by atoms with Gasteiger partial charge in [-0.3, -0.25) is 0 Å². The van der Waals surface area contributed by atoms with E-state index in [4.69, 9.17) is 5.73 Å². The summed E-state index contributed by atoms with van der Waals surface area (Å²) in [5, 5.41) is 0. The zero-order chi connectivity index (χ0) is 12.5. The van der Waals surface area contributed by atoms with Crippen LogP contribution in [0.1, 0.15) is 72.1 Å². The second-order valence-corrected chi connectivity index (χ2v) is 7.27. The third-order valence-electron chi connectivity index (χ3n) is 5.73. The Morgan fingerprint density at radius 1 is 0.941 bits per heavy atom. The molecule has 1 nitrogen and oxygen atoms in total. The van der Waals surface area contributed by atoms with E-state index in [9.17, 15) is 0 Å². The standard InChI is InChI=1S/C16H31N/c1-12(2)14-8-10-16(17,11-9-14)15-6-4-13(3)5-7-15/h12-15H,4-11,17H2,1-3H3. The lowest BCUT2D eigenvalue weighted by Gasteiger charge is -2.46. The molecule has 0 radical (unpaired) electrons. The third kappa shape index (κ3) is 3.05. The van der Waals surface area contributed by atoms with E-state index in [0.717, 1.165) is 23.7 Å². The van der Waals surface area contributed by atoms with Gasteiger partial charge in [-0.05, 0) is 62.2 Å². The average molecular weight is 237 g/mol. The lowest BCUT2D eigenvalue weighted by atomic mass is 9.64. The molecule has 0 unspecified atom stereocenters. The van der Waals surface area contributed by atoms with Crippen molar-refractivity contribution in [2.75, 3.05) is 0 Å². The molecule has 2 rings (SSSR count). The highest BCUT2D eigenvalue weighted by molar-refractivity contribution is 4.97. The van der Waals surface area contributed by atoms with Gasteiger partial charge in [-0.15, -0.1) is 0 Å². The van der Waals surface area contributed by atoms with Crippen LogP contribution >= 0.6 is 0 Å². The molecule has 0 saturated heterocycles. The molecule has 2 fully saturated rings. The molecule has 0 aromatic rings. The largest absolute Gasteiger partial charge is 0.325 e. The van der Waals surface area contributed by atoms with Gasteiger partial charge in [0.15, 0.2) is 0 Å². The molecular formula is C16H31N. The maximum absolute atomic E-state index is 6.74. The zero-order valence-electron chi connectivity index (χ0n) is 12.0. The van der Waals surface area contributed by atoms with Crippen LogP contribution in [-0.4, -0.2) is 5.54 Å². The Kier molecular flexibility index (Phi) is 4.18. The fraction of sp³-hybridized carbons (Fsp3) is 1.00. The van der Waals surface area contributed by atoms with Gasteiger partial charge in [0.1, 0.15) is 0 Å². The number of hydrogen-bond donors (Lipinski definition) is 1. The third-order valence-corrected chi connectivity index (χ3v) is 5.73. The smallest absolute Gasteiger partial charge is 0.0183 e. The summed E-state index contributed by atoms with van der Waals surface area (Å²) in [6.45, 7) is 7.14. The molecular weight excluding hydrogens is 206 g/mol. The molecule has 0 atom stereocenters. The number of rotatable bonds is 2. The first-order valence-corrected chi connectivity index (χ1v) is 7.80. The van der Waals surface area contributed by atoms with E-state index in [1.807, 2.05) is 0 Å². The molecule has 0 bridgehead atoms. The lowest BCUT2D eigenvalue weighted by Crippen LogP contribution is -2.51. The van der Waals surface area contributed by atoms with Crippen LogP contribution in [-0.2, 0) is 0 Å². The van der Waals surface area contributed by atoms with Crippen molar-refractivity contribution < 1.29 is 0 Å². The van der Waals surface area contributed by atoms with Gasteiger partial charge in [0, 0.05) is 5.54 Å². The Labute approximate surface area is 108 Å². The van der Waals surface area contributed by atoms with E-state index in [1.165, 1.54) is 51.4 Å². The first kappa shape index (κ1) is 13.4. The van der Waals surface area contributed by atoms with Crippen molar-refractivity contribution in [1.29, 1.82) is 0 Å². The monoisotopic (exact) mass is 237 g/mol. The molecule has 0 aromatic heterocycles. The molecule has 0 amide bonds. The van der Waals surface area contributed by atoms with E-state index < -0.39 is 0 Å². The Hall–Kier alpha value is -0.0400. The molecule has 0 aromatic carbocycles. The van der Waals surface area contributed by atoms with Gasteiger partial charge in [-0.1, -0.05) is 33.6 Å². The summed E-state index contributed by atoms with van der Waals surface area (Å²) in [7, 11) is 0. The maximum atomic E-state index is 6.74. The Morgan fingerprint density at radius 3 is 1.94 bits per heavy atom. The molecule has 1 heteroatoms. The van der Waals surface area contributed by atoms with E-state index in [1.54, 1.807) is 0 Å². The Morgan fingerprint density at radius 2 is 1.47 bits per heavy atom. The second-order valence-electron chi connectivity index (χ2n) is 7.27. The predicted octanol–water partition coefficient (Wildman–Crippen LogP) is 4.36. The van der Waals surface area contributed by atoms with Crippen LogP contribution in [0.15, 0.2) is 0 Å². The number of nitrogens with two attached hydrogens (primary N) is 1. The normalized spacial score (nSPS) is 43.9. The van der Waals surface area contributed by atoms with Gasteiger partial charge in [0.05, 0.1) is 0 Å². The van der Waals surface area contributed by atoms with Gasteiger partial charge in [0.2, 0.25) is 0 Å². The van der Waals surface area contributed by atoms with Crippen molar-refractivity contribution in [2.24, 2.45) is 29.4 Å². The zero-order valence-corrected chi connectivity index (χ0v) is 12.0. The van der Waals surface area contributed by atoms with Crippen molar-refractivity contribution in [3.63, 3.8) is 0 Å². The van der Waals surface area contributed by atoms with E-state index >= 15 is 0 Å². The summed E-state index contributed by atoms with van der Waals surface area (Å²) in [6.07, 6.45) is 10.9. The van der Waals surface area contributed by atoms with E-state index in [0.29, 0.717) is 0 Å². The molecule has 17 heavy (non-hydrogen) atoms. The van der Waals surface area contributed by atoms with E-state index in [2.05, 4.69) is 20.8 Å². The molecule has 2 aliphatic rings. The van der Waals surface area contributed by atoms with Crippen molar-refractivity contribution in [1.82, 2.24) is 0 Å². The van der Waals surface area contributed by atoms with Gasteiger partial charge < -0.3 is 5.73 Å². The predicted molar refractivity (Wildman–Crippen MR) is 74.8 cm³/mol. The summed E-state index contributed by atoms with van der Waals surface area (Å²) in [6, 6.07) is 0. The molecule has 2 saturated carbocycles. The van der Waals surface area contributed by atoms with E-state index in [-0.39, 0.29) is 5.54 Å². The van der Waals surface area contributed by atoms with Crippen LogP contribution in [0.25, 0.3) is 0 Å². The first-order valence-electron chi connectivity index (χ1n) is 7.80. The fourth-order valence-corrected chi connectivity index (χ4v) is 4.09. The minimum atomic E-state index is 0.200. The summed E-state index contributed by atoms with van der Waals surface area (Å²) in [5.74, 6) is 3.56. The molecule has 2 aliphatic carbocycles. The van der Waals surface area contributed by atoms with Crippen molar-refractivity contribution in [3.8, 4) is 0 Å². The Balaban J connectivity index is 1.88. The van der Waals surface area contributed by atoms with Crippen LogP contribution in [0.3, 0.4) is 0 Å². The molecule has 2 N–H and O–H groups in total. The maximum Gasteiger partial charge on any atom is 0.0183 e. The van der Waals surface area contributed by atoms with Crippen LogP contribution < -0.4 is 5.73 Å². The first-order chi connectivity index (χ1) is 8.01. The quantitative estimate of drug-likeness (QED) is 0.759. The van der Waals surface area contributed by atoms with Gasteiger partial charge in [0.25, 0.3) is 0 Å². The Bertz CT molecular complexity index is 230. The molecule has 0 aliphatic heterocycles. The van der Waals surface area contributed by atoms with Crippen molar-refractivity contribution in [2.45, 2.75) is 77.7 Å². The summed E-state index contributed by atoms with van der Waals surface area (Å²) >= 11 is 0. The van der Waals surface area contributed by atoms with Gasteiger partial charge in [-0.25, -0.2) is 0 Å². The average Bonchev–Trinajstić information content (AvgIpc) is 2.30. The highest BCUT2D eigenvalue weighted by Gasteiger charge is 2.39. The second kappa shape index (κ2) is 5.30. The van der Waals surface area contributed by atoms with Crippen molar-refractivity contribution in [3.05, 3.63) is 0 Å². The minimum absolute atomic E-state index is 0.200. The van der Waals surface area contributed by atoms with Gasteiger partial charge >= 0.3 is 0 Å². The molecule has 0 spiro atoms. The highest BCUT2D eigenvalue weighted by Crippen LogP contribution is 2.43. The summed E-state index contributed by atoms with van der Waals surface area (Å²) in [4.78, 5) is 0. The van der Waals surface area contributed by atoms with Crippen LogP contribution in [0.5, 0.6) is 0 Å². The van der Waals surface area contributed by atoms with Crippen LogP contribution in [0, 0.1) is 23.7 Å². The summed E-state index contributed by atoms with van der Waals surface area (Å²) < 4.78 is 0. The lowest BCUT2D eigenvalue weighted by molar-refractivity contribution is 0.104.